The summed E-state index contributed by atoms with van der Waals surface area (Å²) in [5, 5.41) is 3.03. The van der Waals surface area contributed by atoms with Gasteiger partial charge in [-0.15, -0.1) is 0 Å². The fourth-order valence-corrected chi connectivity index (χ4v) is 3.83. The number of hydrogen-bond donors (Lipinski definition) is 1. The largest absolute Gasteiger partial charge is 0.341 e. The lowest BCUT2D eigenvalue weighted by molar-refractivity contribution is -0.133. The smallest absolute Gasteiger partial charge is 0.325 e. The van der Waals surface area contributed by atoms with Crippen molar-refractivity contribution in [2.24, 2.45) is 0 Å². The molecule has 1 heterocycles. The minimum atomic E-state index is -0.771. The summed E-state index contributed by atoms with van der Waals surface area (Å²) in [7, 11) is 1.54. The van der Waals surface area contributed by atoms with Gasteiger partial charge in [0.1, 0.15) is 11.4 Å². The molecule has 26 heavy (non-hydrogen) atoms. The van der Waals surface area contributed by atoms with Gasteiger partial charge in [0.25, 0.3) is 5.91 Å². The molecule has 2 aliphatic rings. The quantitative estimate of drug-likeness (QED) is 0.797. The number of urea groups is 1. The summed E-state index contributed by atoms with van der Waals surface area (Å²) in [4.78, 5) is 39.5. The van der Waals surface area contributed by atoms with E-state index in [1.54, 1.807) is 6.07 Å². The van der Waals surface area contributed by atoms with Gasteiger partial charge in [-0.3, -0.25) is 14.5 Å². The highest BCUT2D eigenvalue weighted by atomic mass is 35.5. The van der Waals surface area contributed by atoms with Gasteiger partial charge in [-0.25, -0.2) is 9.18 Å². The first-order valence-electron chi connectivity index (χ1n) is 8.65. The zero-order valence-corrected chi connectivity index (χ0v) is 15.3. The van der Waals surface area contributed by atoms with E-state index in [1.807, 2.05) is 0 Å². The van der Waals surface area contributed by atoms with E-state index in [1.165, 1.54) is 24.1 Å². The molecule has 0 radical (unpaired) electrons. The van der Waals surface area contributed by atoms with Gasteiger partial charge in [-0.05, 0) is 25.0 Å². The minimum Gasteiger partial charge on any atom is -0.341 e. The van der Waals surface area contributed by atoms with Crippen LogP contribution in [0.4, 0.5) is 9.18 Å². The summed E-state index contributed by atoms with van der Waals surface area (Å²) in [6.07, 6.45) is 3.09. The molecule has 1 aromatic rings. The van der Waals surface area contributed by atoms with E-state index in [0.717, 1.165) is 17.7 Å². The monoisotopic (exact) mass is 381 g/mol. The molecule has 1 N–H and O–H groups in total. The molecule has 1 aliphatic carbocycles. The Morgan fingerprint density at radius 3 is 2.69 bits per heavy atom. The first kappa shape index (κ1) is 18.6. The van der Waals surface area contributed by atoms with E-state index in [2.05, 4.69) is 5.32 Å². The van der Waals surface area contributed by atoms with Crippen LogP contribution < -0.4 is 5.32 Å². The van der Waals surface area contributed by atoms with Crippen LogP contribution in [0, 0.1) is 5.82 Å². The SMILES string of the molecule is CN(Cc1c(F)cccc1Cl)C(=O)CCN1C(=O)NC2(CCCC2)C1=O. The van der Waals surface area contributed by atoms with Crippen LogP contribution in [0.3, 0.4) is 0 Å². The average Bonchev–Trinajstić information content (AvgIpc) is 3.15. The Balaban J connectivity index is 1.58. The fourth-order valence-electron chi connectivity index (χ4n) is 3.60. The number of benzene rings is 1. The molecule has 0 unspecified atom stereocenters. The van der Waals surface area contributed by atoms with Gasteiger partial charge in [-0.1, -0.05) is 30.5 Å². The van der Waals surface area contributed by atoms with Gasteiger partial charge in [0, 0.05) is 37.1 Å². The van der Waals surface area contributed by atoms with Gasteiger partial charge in [0.05, 0.1) is 0 Å². The number of amides is 4. The fraction of sp³-hybridized carbons (Fsp3) is 0.500. The van der Waals surface area contributed by atoms with Crippen LogP contribution in [-0.4, -0.2) is 46.8 Å². The van der Waals surface area contributed by atoms with Crippen molar-refractivity contribution in [1.29, 1.82) is 0 Å². The second-order valence-electron chi connectivity index (χ2n) is 6.88. The van der Waals surface area contributed by atoms with Crippen LogP contribution in [-0.2, 0) is 16.1 Å². The molecule has 2 fully saturated rings. The Labute approximate surface area is 156 Å². The lowest BCUT2D eigenvalue weighted by Crippen LogP contribution is -2.44. The van der Waals surface area contributed by atoms with E-state index >= 15 is 0 Å². The maximum Gasteiger partial charge on any atom is 0.325 e. The molecule has 6 nitrogen and oxygen atoms in total. The van der Waals surface area contributed by atoms with Crippen molar-refractivity contribution in [3.63, 3.8) is 0 Å². The van der Waals surface area contributed by atoms with Crippen molar-refractivity contribution in [3.05, 3.63) is 34.6 Å². The van der Waals surface area contributed by atoms with Crippen molar-refractivity contribution in [2.75, 3.05) is 13.6 Å². The van der Waals surface area contributed by atoms with Crippen LogP contribution >= 0.6 is 11.6 Å². The van der Waals surface area contributed by atoms with Crippen LogP contribution in [0.25, 0.3) is 0 Å². The Kier molecular flexibility index (Phi) is 5.18. The molecule has 8 heteroatoms. The molecule has 1 saturated heterocycles. The highest BCUT2D eigenvalue weighted by Crippen LogP contribution is 2.35. The number of nitrogens with one attached hydrogen (secondary N) is 1. The first-order chi connectivity index (χ1) is 12.3. The van der Waals surface area contributed by atoms with Crippen molar-refractivity contribution in [3.8, 4) is 0 Å². The maximum atomic E-state index is 13.8. The summed E-state index contributed by atoms with van der Waals surface area (Å²) in [6, 6.07) is 3.91. The minimum absolute atomic E-state index is 0.0145. The summed E-state index contributed by atoms with van der Waals surface area (Å²) < 4.78 is 13.8. The Morgan fingerprint density at radius 2 is 2.04 bits per heavy atom. The highest BCUT2D eigenvalue weighted by molar-refractivity contribution is 6.31. The van der Waals surface area contributed by atoms with Crippen LogP contribution in [0.15, 0.2) is 18.2 Å². The lowest BCUT2D eigenvalue weighted by Gasteiger charge is -2.21. The van der Waals surface area contributed by atoms with Gasteiger partial charge < -0.3 is 10.2 Å². The molecule has 1 saturated carbocycles. The average molecular weight is 382 g/mol. The number of nitrogens with zero attached hydrogens (tertiary/aromatic N) is 2. The summed E-state index contributed by atoms with van der Waals surface area (Å²) >= 11 is 5.98. The molecule has 0 atom stereocenters. The van der Waals surface area contributed by atoms with Crippen LogP contribution in [0.1, 0.15) is 37.7 Å². The molecule has 1 spiro atoms. The topological polar surface area (TPSA) is 69.7 Å². The van der Waals surface area contributed by atoms with Gasteiger partial charge in [0.15, 0.2) is 0 Å². The number of imide groups is 1. The molecular weight excluding hydrogens is 361 g/mol. The molecule has 1 aromatic carbocycles. The molecule has 4 amide bonds. The van der Waals surface area contributed by atoms with Crippen molar-refractivity contribution in [1.82, 2.24) is 15.1 Å². The zero-order valence-electron chi connectivity index (χ0n) is 14.6. The molecule has 3 rings (SSSR count). The predicted octanol–water partition coefficient (Wildman–Crippen LogP) is 2.69. The third kappa shape index (κ3) is 3.40. The first-order valence-corrected chi connectivity index (χ1v) is 9.03. The maximum absolute atomic E-state index is 13.8. The standard InChI is InChI=1S/C18H21ClFN3O3/c1-22(11-12-13(19)5-4-6-14(12)20)15(24)7-10-23-16(25)18(21-17(23)26)8-2-3-9-18/h4-6H,2-3,7-11H2,1H3,(H,21,26). The van der Waals surface area contributed by atoms with E-state index in [-0.39, 0.29) is 41.9 Å². The van der Waals surface area contributed by atoms with E-state index in [0.29, 0.717) is 12.8 Å². The number of rotatable bonds is 5. The van der Waals surface area contributed by atoms with Crippen molar-refractivity contribution < 1.29 is 18.8 Å². The van der Waals surface area contributed by atoms with Crippen LogP contribution in [0.5, 0.6) is 0 Å². The van der Waals surface area contributed by atoms with E-state index in [9.17, 15) is 18.8 Å². The zero-order chi connectivity index (χ0) is 18.9. The lowest BCUT2D eigenvalue weighted by atomic mass is 9.98. The second-order valence-corrected chi connectivity index (χ2v) is 7.28. The van der Waals surface area contributed by atoms with E-state index in [4.69, 9.17) is 11.6 Å². The van der Waals surface area contributed by atoms with Crippen LogP contribution in [0.2, 0.25) is 5.02 Å². The molecule has 0 bridgehead atoms. The van der Waals surface area contributed by atoms with Gasteiger partial charge in [-0.2, -0.15) is 0 Å². The molecular formula is C18H21ClFN3O3. The second kappa shape index (κ2) is 7.23. The molecule has 0 aromatic heterocycles. The normalized spacial score (nSPS) is 18.5. The third-order valence-electron chi connectivity index (χ3n) is 5.14. The third-order valence-corrected chi connectivity index (χ3v) is 5.49. The van der Waals surface area contributed by atoms with Gasteiger partial charge in [0.2, 0.25) is 5.91 Å². The predicted molar refractivity (Wildman–Crippen MR) is 93.9 cm³/mol. The van der Waals surface area contributed by atoms with E-state index < -0.39 is 17.4 Å². The number of halogens is 2. The molecule has 140 valence electrons. The number of hydrogen-bond acceptors (Lipinski definition) is 3. The highest BCUT2D eigenvalue weighted by Gasteiger charge is 2.52. The van der Waals surface area contributed by atoms with Gasteiger partial charge >= 0.3 is 6.03 Å². The van der Waals surface area contributed by atoms with Crippen molar-refractivity contribution >= 4 is 29.4 Å². The van der Waals surface area contributed by atoms with Crippen molar-refractivity contribution in [2.45, 2.75) is 44.2 Å². The molecule has 1 aliphatic heterocycles. The summed E-state index contributed by atoms with van der Waals surface area (Å²) in [6.45, 7) is 0.0367. The Hall–Kier alpha value is -2.15. The number of carbonyl (C=O) groups excluding carboxylic acids is 3. The summed E-state index contributed by atoms with van der Waals surface area (Å²) in [5.41, 5.74) is -0.530. The Morgan fingerprint density at radius 1 is 1.35 bits per heavy atom. The summed E-state index contributed by atoms with van der Waals surface area (Å²) in [5.74, 6) is -1.01. The number of carbonyl (C=O) groups is 3. The Bertz CT molecular complexity index is 729.